The number of hydrogen-bond donors (Lipinski definition) is 0. The molecule has 0 bridgehead atoms. The first-order valence-electron chi connectivity index (χ1n) is 7.49. The van der Waals surface area contributed by atoms with Crippen molar-refractivity contribution >= 4 is 16.7 Å². The van der Waals surface area contributed by atoms with Gasteiger partial charge in [-0.25, -0.2) is 0 Å². The first kappa shape index (κ1) is 18.0. The monoisotopic (exact) mass is 334 g/mol. The predicted octanol–water partition coefficient (Wildman–Crippen LogP) is 3.08. The van der Waals surface area contributed by atoms with Crippen molar-refractivity contribution in [2.24, 2.45) is 0 Å². The van der Waals surface area contributed by atoms with E-state index in [9.17, 15) is 4.79 Å². The number of esters is 1. The van der Waals surface area contributed by atoms with Gasteiger partial charge in [0.2, 0.25) is 0 Å². The smallest absolute Gasteiger partial charge is 0.312 e. The zero-order valence-corrected chi connectivity index (χ0v) is 14.3. The van der Waals surface area contributed by atoms with Crippen molar-refractivity contribution in [3.05, 3.63) is 35.9 Å². The SMILES string of the molecule is COCOc1ccc2cc(C(C)C(=O)OC)cc(OCOC)c2c1. The second-order valence-electron chi connectivity index (χ2n) is 5.25. The van der Waals surface area contributed by atoms with Gasteiger partial charge in [0.05, 0.1) is 13.0 Å². The van der Waals surface area contributed by atoms with Crippen molar-refractivity contribution in [3.8, 4) is 11.5 Å². The molecule has 6 nitrogen and oxygen atoms in total. The van der Waals surface area contributed by atoms with Crippen LogP contribution in [0.2, 0.25) is 0 Å². The van der Waals surface area contributed by atoms with Crippen molar-refractivity contribution in [2.75, 3.05) is 34.9 Å². The molecule has 1 unspecified atom stereocenters. The molecule has 6 heteroatoms. The summed E-state index contributed by atoms with van der Waals surface area (Å²) >= 11 is 0. The van der Waals surface area contributed by atoms with Crippen LogP contribution in [0.3, 0.4) is 0 Å². The van der Waals surface area contributed by atoms with Crippen molar-refractivity contribution in [3.63, 3.8) is 0 Å². The van der Waals surface area contributed by atoms with Gasteiger partial charge in [0.1, 0.15) is 11.5 Å². The van der Waals surface area contributed by atoms with Crippen LogP contribution < -0.4 is 9.47 Å². The fourth-order valence-corrected chi connectivity index (χ4v) is 2.35. The Balaban J connectivity index is 2.47. The van der Waals surface area contributed by atoms with Crippen LogP contribution in [0, 0.1) is 0 Å². The molecule has 0 aliphatic heterocycles. The van der Waals surface area contributed by atoms with E-state index in [0.717, 1.165) is 16.3 Å². The van der Waals surface area contributed by atoms with Crippen LogP contribution >= 0.6 is 0 Å². The topological polar surface area (TPSA) is 63.2 Å². The normalized spacial score (nSPS) is 12.0. The average Bonchev–Trinajstić information content (AvgIpc) is 2.62. The van der Waals surface area contributed by atoms with Gasteiger partial charge in [-0.1, -0.05) is 12.1 Å². The fraction of sp³-hybridized carbons (Fsp3) is 0.389. The quantitative estimate of drug-likeness (QED) is 0.546. The first-order valence-corrected chi connectivity index (χ1v) is 7.49. The van der Waals surface area contributed by atoms with Crippen molar-refractivity contribution in [2.45, 2.75) is 12.8 Å². The van der Waals surface area contributed by atoms with Gasteiger partial charge >= 0.3 is 5.97 Å². The van der Waals surface area contributed by atoms with Gasteiger partial charge < -0.3 is 23.7 Å². The minimum absolute atomic E-state index is 0.105. The Bertz CT molecular complexity index is 697. The van der Waals surface area contributed by atoms with Crippen molar-refractivity contribution in [1.82, 2.24) is 0 Å². The highest BCUT2D eigenvalue weighted by molar-refractivity contribution is 5.91. The maximum absolute atomic E-state index is 11.8. The van der Waals surface area contributed by atoms with E-state index in [0.29, 0.717) is 11.5 Å². The summed E-state index contributed by atoms with van der Waals surface area (Å²) in [6.45, 7) is 2.06. The highest BCUT2D eigenvalue weighted by Gasteiger charge is 2.18. The molecular weight excluding hydrogens is 312 g/mol. The molecule has 0 spiro atoms. The third-order valence-corrected chi connectivity index (χ3v) is 3.64. The molecular formula is C18H22O6. The van der Waals surface area contributed by atoms with Gasteiger partial charge in [0, 0.05) is 19.6 Å². The molecule has 0 heterocycles. The van der Waals surface area contributed by atoms with E-state index < -0.39 is 5.92 Å². The highest BCUT2D eigenvalue weighted by Crippen LogP contribution is 2.33. The van der Waals surface area contributed by atoms with Crippen LogP contribution in [0.15, 0.2) is 30.3 Å². The third kappa shape index (κ3) is 4.15. The molecule has 0 N–H and O–H groups in total. The van der Waals surface area contributed by atoms with Crippen LogP contribution in [0.4, 0.5) is 0 Å². The highest BCUT2D eigenvalue weighted by atomic mass is 16.7. The average molecular weight is 334 g/mol. The minimum atomic E-state index is -0.395. The van der Waals surface area contributed by atoms with E-state index in [1.807, 2.05) is 30.3 Å². The van der Waals surface area contributed by atoms with Crippen LogP contribution in [0.25, 0.3) is 10.8 Å². The summed E-state index contributed by atoms with van der Waals surface area (Å²) in [5.41, 5.74) is 0.811. The Kier molecular flexibility index (Phi) is 6.40. The molecule has 0 radical (unpaired) electrons. The van der Waals surface area contributed by atoms with Crippen molar-refractivity contribution in [1.29, 1.82) is 0 Å². The Morgan fingerprint density at radius 2 is 1.71 bits per heavy atom. The van der Waals surface area contributed by atoms with E-state index in [-0.39, 0.29) is 19.6 Å². The van der Waals surface area contributed by atoms with Crippen LogP contribution in [-0.2, 0) is 19.0 Å². The molecule has 0 aliphatic carbocycles. The van der Waals surface area contributed by atoms with Gasteiger partial charge in [0.15, 0.2) is 13.6 Å². The summed E-state index contributed by atoms with van der Waals surface area (Å²) in [6, 6.07) is 9.38. The molecule has 0 aromatic heterocycles. The largest absolute Gasteiger partial charge is 0.469 e. The summed E-state index contributed by atoms with van der Waals surface area (Å²) in [5, 5.41) is 1.79. The van der Waals surface area contributed by atoms with Crippen LogP contribution in [0.1, 0.15) is 18.4 Å². The Labute approximate surface area is 141 Å². The number of rotatable bonds is 8. The Morgan fingerprint density at radius 3 is 2.38 bits per heavy atom. The molecule has 2 aromatic rings. The van der Waals surface area contributed by atoms with Gasteiger partial charge in [-0.3, -0.25) is 4.79 Å². The zero-order chi connectivity index (χ0) is 17.5. The lowest BCUT2D eigenvalue weighted by Gasteiger charge is -2.15. The number of carbonyl (C=O) groups is 1. The first-order chi connectivity index (χ1) is 11.6. The van der Waals surface area contributed by atoms with E-state index >= 15 is 0 Å². The zero-order valence-electron chi connectivity index (χ0n) is 14.3. The van der Waals surface area contributed by atoms with Crippen LogP contribution in [0.5, 0.6) is 11.5 Å². The lowest BCUT2D eigenvalue weighted by atomic mass is 9.97. The number of hydrogen-bond acceptors (Lipinski definition) is 6. The number of carbonyl (C=O) groups excluding carboxylic acids is 1. The molecule has 0 saturated heterocycles. The number of methoxy groups -OCH3 is 3. The summed E-state index contributed by atoms with van der Waals surface area (Å²) in [4.78, 5) is 11.8. The van der Waals surface area contributed by atoms with Gasteiger partial charge in [0.25, 0.3) is 0 Å². The Morgan fingerprint density at radius 1 is 1.00 bits per heavy atom. The molecule has 0 fully saturated rings. The predicted molar refractivity (Wildman–Crippen MR) is 89.4 cm³/mol. The van der Waals surface area contributed by atoms with Gasteiger partial charge in [-0.2, -0.15) is 0 Å². The number of ether oxygens (including phenoxy) is 5. The van der Waals surface area contributed by atoms with Crippen molar-refractivity contribution < 1.29 is 28.5 Å². The molecule has 130 valence electrons. The molecule has 2 aromatic carbocycles. The van der Waals surface area contributed by atoms with Gasteiger partial charge in [-0.15, -0.1) is 0 Å². The second kappa shape index (κ2) is 8.52. The van der Waals surface area contributed by atoms with Crippen LogP contribution in [-0.4, -0.2) is 40.9 Å². The molecule has 2 rings (SSSR count). The Hall–Kier alpha value is -2.31. The molecule has 0 saturated carbocycles. The standard InChI is InChI=1S/C18H22O6/c1-12(18(19)22-4)14-7-13-5-6-15(23-10-20-2)9-16(13)17(8-14)24-11-21-3/h5-9,12H,10-11H2,1-4H3. The lowest BCUT2D eigenvalue weighted by molar-refractivity contribution is -0.141. The fourth-order valence-electron chi connectivity index (χ4n) is 2.35. The third-order valence-electron chi connectivity index (χ3n) is 3.64. The second-order valence-corrected chi connectivity index (χ2v) is 5.25. The summed E-state index contributed by atoms with van der Waals surface area (Å²) < 4.78 is 25.9. The maximum atomic E-state index is 11.8. The summed E-state index contributed by atoms with van der Waals surface area (Å²) in [7, 11) is 4.49. The minimum Gasteiger partial charge on any atom is -0.469 e. The van der Waals surface area contributed by atoms with E-state index in [1.165, 1.54) is 7.11 Å². The molecule has 0 aliphatic rings. The number of benzene rings is 2. The lowest BCUT2D eigenvalue weighted by Crippen LogP contribution is -2.11. The summed E-state index contributed by atoms with van der Waals surface area (Å²) in [6.07, 6.45) is 0. The molecule has 1 atom stereocenters. The van der Waals surface area contributed by atoms with E-state index in [4.69, 9.17) is 23.7 Å². The van der Waals surface area contributed by atoms with Gasteiger partial charge in [-0.05, 0) is 36.1 Å². The number of fused-ring (bicyclic) bond motifs is 1. The van der Waals surface area contributed by atoms with E-state index in [1.54, 1.807) is 21.1 Å². The van der Waals surface area contributed by atoms with E-state index in [2.05, 4.69) is 0 Å². The maximum Gasteiger partial charge on any atom is 0.312 e. The molecule has 24 heavy (non-hydrogen) atoms. The molecule has 0 amide bonds. The summed E-state index contributed by atoms with van der Waals surface area (Å²) in [5.74, 6) is 0.587.